The third-order valence-electron chi connectivity index (χ3n) is 1.96. The predicted octanol–water partition coefficient (Wildman–Crippen LogP) is 0.865. The summed E-state index contributed by atoms with van der Waals surface area (Å²) >= 11 is 5.67. The normalized spacial score (nSPS) is 19.1. The molecule has 0 saturated carbocycles. The minimum Gasteiger partial charge on any atom is -0.370 e. The van der Waals surface area contributed by atoms with Gasteiger partial charge in [0.2, 0.25) is 0 Å². The van der Waals surface area contributed by atoms with E-state index in [9.17, 15) is 0 Å². The second-order valence-electron chi connectivity index (χ2n) is 2.98. The maximum absolute atomic E-state index is 7.99. The first-order chi connectivity index (χ1) is 7.18. The molecule has 0 saturated heterocycles. The lowest BCUT2D eigenvalue weighted by atomic mass is 10.3. The Bertz CT molecular complexity index is 378. The van der Waals surface area contributed by atoms with Crippen molar-refractivity contribution in [2.24, 2.45) is 10.7 Å². The Morgan fingerprint density at radius 2 is 2.50 bits per heavy atom. The third kappa shape index (κ3) is 1.96. The molecule has 1 aromatic heterocycles. The first-order valence-corrected chi connectivity index (χ1v) is 4.66. The molecule has 1 atom stereocenters. The maximum Gasteiger partial charge on any atom is 0.191 e. The van der Waals surface area contributed by atoms with E-state index in [-0.39, 0.29) is 0 Å². The van der Waals surface area contributed by atoms with Gasteiger partial charge in [-0.15, -0.1) is 0 Å². The van der Waals surface area contributed by atoms with Crippen LogP contribution in [0.4, 0.5) is 0 Å². The molecule has 0 fully saturated rings. The lowest BCUT2D eigenvalue weighted by molar-refractivity contribution is 0.447. The molecule has 1 aromatic rings. The van der Waals surface area contributed by atoms with Gasteiger partial charge in [-0.05, 0) is 11.6 Å². The number of hydrogen-bond acceptors (Lipinski definition) is 4. The number of rotatable bonds is 2. The molecule has 74 valence electrons. The van der Waals surface area contributed by atoms with E-state index in [0.29, 0.717) is 24.2 Å². The van der Waals surface area contributed by atoms with E-state index >= 15 is 0 Å². The minimum atomic E-state index is -0.555. The molecular weight excluding hydrogens is 200 g/mol. The molecule has 2 N–H and O–H groups in total. The SMILES string of the molecule is [3H]C(c1ccc(Cl)nc1)N1CCN=C1N. The lowest BCUT2D eigenvalue weighted by Gasteiger charge is -2.16. The van der Waals surface area contributed by atoms with E-state index in [1.165, 1.54) is 0 Å². The zero-order valence-electron chi connectivity index (χ0n) is 8.52. The highest BCUT2D eigenvalue weighted by atomic mass is 35.5. The number of halogens is 1. The summed E-state index contributed by atoms with van der Waals surface area (Å²) in [4.78, 5) is 9.70. The number of nitrogens with zero attached hydrogens (tertiary/aromatic N) is 3. The standard InChI is InChI=1S/C9H11ClN4/c10-8-2-1-7(5-13-8)6-14-4-3-12-9(14)11/h1-2,5H,3-4,6H2,(H2,11,12)/i6T. The summed E-state index contributed by atoms with van der Waals surface area (Å²) in [7, 11) is 0. The van der Waals surface area contributed by atoms with Crippen molar-refractivity contribution in [3.63, 3.8) is 0 Å². The van der Waals surface area contributed by atoms with Crippen molar-refractivity contribution in [2.45, 2.75) is 6.52 Å². The van der Waals surface area contributed by atoms with Crippen LogP contribution >= 0.6 is 11.6 Å². The van der Waals surface area contributed by atoms with Gasteiger partial charge >= 0.3 is 0 Å². The van der Waals surface area contributed by atoms with Gasteiger partial charge in [-0.2, -0.15) is 0 Å². The van der Waals surface area contributed by atoms with Gasteiger partial charge in [0.25, 0.3) is 0 Å². The maximum atomic E-state index is 7.99. The highest BCUT2D eigenvalue weighted by molar-refractivity contribution is 6.29. The molecule has 4 nitrogen and oxygen atoms in total. The van der Waals surface area contributed by atoms with Crippen molar-refractivity contribution in [1.82, 2.24) is 9.88 Å². The molecule has 14 heavy (non-hydrogen) atoms. The van der Waals surface area contributed by atoms with E-state index in [0.717, 1.165) is 5.56 Å². The number of pyridine rings is 1. The van der Waals surface area contributed by atoms with Crippen molar-refractivity contribution in [3.05, 3.63) is 29.0 Å². The Balaban J connectivity index is 2.17. The summed E-state index contributed by atoms with van der Waals surface area (Å²) in [6, 6.07) is 3.44. The first kappa shape index (κ1) is 8.05. The van der Waals surface area contributed by atoms with E-state index in [4.69, 9.17) is 18.7 Å². The predicted molar refractivity (Wildman–Crippen MR) is 56.1 cm³/mol. The van der Waals surface area contributed by atoms with E-state index in [1.807, 2.05) is 0 Å². The van der Waals surface area contributed by atoms with Crippen LogP contribution in [0.1, 0.15) is 6.93 Å². The molecule has 0 radical (unpaired) electrons. The molecule has 1 aliphatic heterocycles. The van der Waals surface area contributed by atoms with Crippen LogP contribution < -0.4 is 5.73 Å². The smallest absolute Gasteiger partial charge is 0.191 e. The summed E-state index contributed by atoms with van der Waals surface area (Å²) in [6.07, 6.45) is 1.59. The van der Waals surface area contributed by atoms with Crippen LogP contribution in [0.25, 0.3) is 0 Å². The summed E-state index contributed by atoms with van der Waals surface area (Å²) < 4.78 is 7.99. The topological polar surface area (TPSA) is 54.5 Å². The van der Waals surface area contributed by atoms with Gasteiger partial charge in [0.05, 0.1) is 7.92 Å². The molecule has 0 spiro atoms. The number of aliphatic imine (C=N–C) groups is 1. The monoisotopic (exact) mass is 212 g/mol. The fourth-order valence-electron chi connectivity index (χ4n) is 1.25. The van der Waals surface area contributed by atoms with Gasteiger partial charge < -0.3 is 10.6 Å². The number of nitrogens with two attached hydrogens (primary N) is 1. The van der Waals surface area contributed by atoms with Crippen LogP contribution in [0.3, 0.4) is 0 Å². The molecule has 0 amide bonds. The van der Waals surface area contributed by atoms with Crippen LogP contribution in [-0.4, -0.2) is 28.9 Å². The van der Waals surface area contributed by atoms with E-state index in [1.54, 1.807) is 23.2 Å². The summed E-state index contributed by atoms with van der Waals surface area (Å²) in [5.41, 5.74) is 6.42. The van der Waals surface area contributed by atoms with Crippen molar-refractivity contribution in [3.8, 4) is 0 Å². The first-order valence-electron chi connectivity index (χ1n) is 4.86. The molecular formula is C9H11ClN4. The van der Waals surface area contributed by atoms with Crippen molar-refractivity contribution >= 4 is 17.6 Å². The fourth-order valence-corrected chi connectivity index (χ4v) is 1.36. The van der Waals surface area contributed by atoms with Gasteiger partial charge in [-0.1, -0.05) is 17.7 Å². The Morgan fingerprint density at radius 3 is 3.07 bits per heavy atom. The number of hydrogen-bond donors (Lipinski definition) is 1. The summed E-state index contributed by atoms with van der Waals surface area (Å²) in [5, 5.41) is 0.425. The fraction of sp³-hybridized carbons (Fsp3) is 0.333. The molecule has 5 heteroatoms. The van der Waals surface area contributed by atoms with Crippen LogP contribution in [-0.2, 0) is 6.52 Å². The van der Waals surface area contributed by atoms with Gasteiger partial charge in [-0.3, -0.25) is 4.99 Å². The average Bonchev–Trinajstić information content (AvgIpc) is 2.65. The van der Waals surface area contributed by atoms with E-state index in [2.05, 4.69) is 9.98 Å². The van der Waals surface area contributed by atoms with Gasteiger partial charge in [0, 0.05) is 19.3 Å². The number of guanidine groups is 1. The Kier molecular flexibility index (Phi) is 2.21. The quantitative estimate of drug-likeness (QED) is 0.740. The zero-order chi connectivity index (χ0) is 10.8. The highest BCUT2D eigenvalue weighted by Crippen LogP contribution is 2.09. The van der Waals surface area contributed by atoms with Crippen LogP contribution in [0.15, 0.2) is 23.3 Å². The zero-order valence-corrected chi connectivity index (χ0v) is 8.28. The van der Waals surface area contributed by atoms with Gasteiger partial charge in [-0.25, -0.2) is 4.98 Å². The van der Waals surface area contributed by atoms with Crippen molar-refractivity contribution in [2.75, 3.05) is 13.1 Å². The molecule has 0 bridgehead atoms. The second kappa shape index (κ2) is 3.84. The average molecular weight is 213 g/mol. The van der Waals surface area contributed by atoms with Crippen molar-refractivity contribution in [1.29, 1.82) is 0 Å². The Morgan fingerprint density at radius 1 is 1.64 bits per heavy atom. The Hall–Kier alpha value is -1.29. The largest absolute Gasteiger partial charge is 0.370 e. The summed E-state index contributed by atoms with van der Waals surface area (Å²) in [6.45, 7) is 0.784. The van der Waals surface area contributed by atoms with Crippen molar-refractivity contribution < 1.29 is 1.37 Å². The summed E-state index contributed by atoms with van der Waals surface area (Å²) in [5.74, 6) is 0.421. The van der Waals surface area contributed by atoms with Crippen LogP contribution in [0.5, 0.6) is 0 Å². The van der Waals surface area contributed by atoms with Crippen LogP contribution in [0.2, 0.25) is 5.15 Å². The molecule has 0 aliphatic carbocycles. The van der Waals surface area contributed by atoms with Gasteiger partial charge in [0.1, 0.15) is 5.15 Å². The Labute approximate surface area is 88.8 Å². The van der Waals surface area contributed by atoms with Crippen LogP contribution in [0, 0.1) is 0 Å². The minimum absolute atomic E-state index is 0.421. The molecule has 1 aliphatic rings. The number of aromatic nitrogens is 1. The molecule has 2 rings (SSSR count). The molecule has 2 heterocycles. The third-order valence-corrected chi connectivity index (χ3v) is 2.19. The van der Waals surface area contributed by atoms with E-state index < -0.39 is 6.52 Å². The lowest BCUT2D eigenvalue weighted by Crippen LogP contribution is -2.33. The molecule has 0 aromatic carbocycles. The second-order valence-corrected chi connectivity index (χ2v) is 3.36. The van der Waals surface area contributed by atoms with Gasteiger partial charge in [0.15, 0.2) is 5.96 Å². The molecule has 1 unspecified atom stereocenters. The highest BCUT2D eigenvalue weighted by Gasteiger charge is 2.13.